The number of halogens is 1. The number of hydrogen-bond acceptors (Lipinski definition) is 3. The van der Waals surface area contributed by atoms with Gasteiger partial charge in [0, 0.05) is 18.7 Å². The number of carbonyl (C=O) groups excluding carboxylic acids is 1. The molecule has 0 aromatic heterocycles. The van der Waals surface area contributed by atoms with Gasteiger partial charge in [0.1, 0.15) is 5.82 Å². The van der Waals surface area contributed by atoms with Crippen molar-refractivity contribution in [3.8, 4) is 0 Å². The molecule has 0 atom stereocenters. The van der Waals surface area contributed by atoms with E-state index in [1.165, 1.54) is 17.8 Å². The number of rotatable bonds is 3. The van der Waals surface area contributed by atoms with E-state index in [4.69, 9.17) is 0 Å². The summed E-state index contributed by atoms with van der Waals surface area (Å²) < 4.78 is 13.6. The quantitative estimate of drug-likeness (QED) is 0.796. The summed E-state index contributed by atoms with van der Waals surface area (Å²) in [6.07, 6.45) is 1.59. The highest BCUT2D eigenvalue weighted by molar-refractivity contribution is 8.18. The summed E-state index contributed by atoms with van der Waals surface area (Å²) in [4.78, 5) is 18.6. The van der Waals surface area contributed by atoms with E-state index in [2.05, 4.69) is 4.99 Å². The van der Waals surface area contributed by atoms with Gasteiger partial charge >= 0.3 is 0 Å². The fourth-order valence-electron chi connectivity index (χ4n) is 1.77. The summed E-state index contributed by atoms with van der Waals surface area (Å²) in [7, 11) is 0. The molecule has 0 saturated carbocycles. The standard InChI is InChI=1S/C14H15FN2OS/c1-3-16-14-17(4-2)13(18)12(19-14)9-10-7-5-6-8-11(10)15/h5-9H,3-4H2,1-2H3/b12-9+,16-14?. The molecular weight excluding hydrogens is 263 g/mol. The largest absolute Gasteiger partial charge is 0.287 e. The average Bonchev–Trinajstić information content (AvgIpc) is 2.69. The second-order valence-electron chi connectivity index (χ2n) is 3.94. The first-order valence-corrected chi connectivity index (χ1v) is 6.99. The normalized spacial score (nSPS) is 19.7. The molecule has 1 heterocycles. The predicted molar refractivity (Wildman–Crippen MR) is 77.3 cm³/mol. The number of thioether (sulfide) groups is 1. The Labute approximate surface area is 116 Å². The van der Waals surface area contributed by atoms with Crippen LogP contribution in [-0.2, 0) is 4.79 Å². The van der Waals surface area contributed by atoms with E-state index in [9.17, 15) is 9.18 Å². The summed E-state index contributed by atoms with van der Waals surface area (Å²) in [5, 5.41) is 0.692. The van der Waals surface area contributed by atoms with Crippen LogP contribution in [0.25, 0.3) is 6.08 Å². The minimum absolute atomic E-state index is 0.108. The molecule has 0 aliphatic carbocycles. The van der Waals surface area contributed by atoms with E-state index in [1.54, 1.807) is 29.2 Å². The van der Waals surface area contributed by atoms with Crippen LogP contribution >= 0.6 is 11.8 Å². The Morgan fingerprint density at radius 2 is 2.11 bits per heavy atom. The van der Waals surface area contributed by atoms with Crippen molar-refractivity contribution in [2.45, 2.75) is 13.8 Å². The smallest absolute Gasteiger partial charge is 0.266 e. The molecule has 1 aliphatic heterocycles. The van der Waals surface area contributed by atoms with Gasteiger partial charge in [-0.3, -0.25) is 14.7 Å². The van der Waals surface area contributed by atoms with Gasteiger partial charge in [-0.1, -0.05) is 18.2 Å². The number of benzene rings is 1. The Bertz CT molecular complexity index is 554. The topological polar surface area (TPSA) is 32.7 Å². The second kappa shape index (κ2) is 6.02. The summed E-state index contributed by atoms with van der Waals surface area (Å²) in [5.41, 5.74) is 0.423. The molecule has 5 heteroatoms. The zero-order valence-electron chi connectivity index (χ0n) is 10.9. The van der Waals surface area contributed by atoms with Crippen LogP contribution in [0.2, 0.25) is 0 Å². The molecule has 0 spiro atoms. The third kappa shape index (κ3) is 2.87. The maximum atomic E-state index is 13.6. The SMILES string of the molecule is CCN=C1S/C(=C/c2ccccc2F)C(=O)N1CC. The lowest BCUT2D eigenvalue weighted by Gasteiger charge is -2.11. The number of aliphatic imine (C=N–C) groups is 1. The zero-order valence-corrected chi connectivity index (χ0v) is 11.7. The van der Waals surface area contributed by atoms with Crippen molar-refractivity contribution >= 4 is 28.9 Å². The number of amidine groups is 1. The lowest BCUT2D eigenvalue weighted by Crippen LogP contribution is -2.28. The maximum absolute atomic E-state index is 13.6. The van der Waals surface area contributed by atoms with Gasteiger partial charge in [0.15, 0.2) is 5.17 Å². The van der Waals surface area contributed by atoms with Gasteiger partial charge < -0.3 is 0 Å². The summed E-state index contributed by atoms with van der Waals surface area (Å²) in [6, 6.07) is 6.41. The monoisotopic (exact) mass is 278 g/mol. The Balaban J connectivity index is 2.34. The first-order valence-electron chi connectivity index (χ1n) is 6.17. The molecule has 0 bridgehead atoms. The predicted octanol–water partition coefficient (Wildman–Crippen LogP) is 3.14. The van der Waals surface area contributed by atoms with Crippen LogP contribution in [0.5, 0.6) is 0 Å². The van der Waals surface area contributed by atoms with Crippen LogP contribution in [0.4, 0.5) is 4.39 Å². The fourth-order valence-corrected chi connectivity index (χ4v) is 2.87. The molecule has 1 saturated heterocycles. The molecule has 1 fully saturated rings. The number of likely N-dealkylation sites (N-methyl/N-ethyl adjacent to an activating group) is 1. The Kier molecular flexibility index (Phi) is 4.37. The third-order valence-corrected chi connectivity index (χ3v) is 3.73. The molecule has 3 nitrogen and oxygen atoms in total. The molecular formula is C14H15FN2OS. The van der Waals surface area contributed by atoms with Crippen molar-refractivity contribution in [3.63, 3.8) is 0 Å². The van der Waals surface area contributed by atoms with Gasteiger partial charge in [-0.15, -0.1) is 0 Å². The van der Waals surface area contributed by atoms with Crippen LogP contribution < -0.4 is 0 Å². The molecule has 0 unspecified atom stereocenters. The molecule has 1 aliphatic rings. The lowest BCUT2D eigenvalue weighted by atomic mass is 10.2. The van der Waals surface area contributed by atoms with Gasteiger partial charge in [0.25, 0.3) is 5.91 Å². The lowest BCUT2D eigenvalue weighted by molar-refractivity contribution is -0.122. The van der Waals surface area contributed by atoms with Crippen molar-refractivity contribution in [1.82, 2.24) is 4.90 Å². The fraction of sp³-hybridized carbons (Fsp3) is 0.286. The summed E-state index contributed by atoms with van der Waals surface area (Å²) >= 11 is 1.30. The molecule has 0 radical (unpaired) electrons. The molecule has 1 aromatic carbocycles. The number of amides is 1. The van der Waals surface area contributed by atoms with Gasteiger partial charge in [-0.05, 0) is 37.8 Å². The molecule has 19 heavy (non-hydrogen) atoms. The van der Waals surface area contributed by atoms with E-state index in [0.717, 1.165) is 0 Å². The van der Waals surface area contributed by atoms with Crippen LogP contribution in [0.1, 0.15) is 19.4 Å². The molecule has 1 amide bonds. The minimum Gasteiger partial charge on any atom is -0.287 e. The summed E-state index contributed by atoms with van der Waals surface area (Å²) in [6.45, 7) is 5.01. The van der Waals surface area contributed by atoms with E-state index in [0.29, 0.717) is 28.7 Å². The van der Waals surface area contributed by atoms with Gasteiger partial charge in [-0.2, -0.15) is 0 Å². The highest BCUT2D eigenvalue weighted by Gasteiger charge is 2.31. The van der Waals surface area contributed by atoms with Crippen molar-refractivity contribution < 1.29 is 9.18 Å². The van der Waals surface area contributed by atoms with Crippen LogP contribution in [0.15, 0.2) is 34.2 Å². The van der Waals surface area contributed by atoms with Gasteiger partial charge in [-0.25, -0.2) is 4.39 Å². The zero-order chi connectivity index (χ0) is 13.8. The third-order valence-electron chi connectivity index (χ3n) is 2.69. The van der Waals surface area contributed by atoms with Crippen LogP contribution in [-0.4, -0.2) is 29.1 Å². The van der Waals surface area contributed by atoms with Crippen LogP contribution in [0, 0.1) is 5.82 Å². The molecule has 2 rings (SSSR count). The van der Waals surface area contributed by atoms with Crippen molar-refractivity contribution in [2.75, 3.05) is 13.1 Å². The highest BCUT2D eigenvalue weighted by Crippen LogP contribution is 2.32. The van der Waals surface area contributed by atoms with Crippen LogP contribution in [0.3, 0.4) is 0 Å². The Morgan fingerprint density at radius 3 is 2.74 bits per heavy atom. The minimum atomic E-state index is -0.327. The van der Waals surface area contributed by atoms with Crippen molar-refractivity contribution in [3.05, 3.63) is 40.6 Å². The number of nitrogens with zero attached hydrogens (tertiary/aromatic N) is 2. The van der Waals surface area contributed by atoms with Gasteiger partial charge in [0.2, 0.25) is 0 Å². The van der Waals surface area contributed by atoms with Gasteiger partial charge in [0.05, 0.1) is 4.91 Å². The first-order chi connectivity index (χ1) is 9.17. The van der Waals surface area contributed by atoms with E-state index >= 15 is 0 Å². The van der Waals surface area contributed by atoms with E-state index < -0.39 is 0 Å². The van der Waals surface area contributed by atoms with Crippen molar-refractivity contribution in [1.29, 1.82) is 0 Å². The maximum Gasteiger partial charge on any atom is 0.266 e. The van der Waals surface area contributed by atoms with E-state index in [1.807, 2.05) is 13.8 Å². The first kappa shape index (κ1) is 13.8. The Hall–Kier alpha value is -1.62. The number of hydrogen-bond donors (Lipinski definition) is 0. The Morgan fingerprint density at radius 1 is 1.37 bits per heavy atom. The van der Waals surface area contributed by atoms with E-state index in [-0.39, 0.29) is 11.7 Å². The number of carbonyl (C=O) groups is 1. The average molecular weight is 278 g/mol. The molecule has 0 N–H and O–H groups in total. The highest BCUT2D eigenvalue weighted by atomic mass is 32.2. The second-order valence-corrected chi connectivity index (χ2v) is 4.95. The summed E-state index contributed by atoms with van der Waals surface area (Å²) in [5.74, 6) is -0.435. The van der Waals surface area contributed by atoms with Crippen molar-refractivity contribution in [2.24, 2.45) is 4.99 Å². The molecule has 100 valence electrons. The molecule has 1 aromatic rings.